The molecule has 0 radical (unpaired) electrons. The predicted octanol–water partition coefficient (Wildman–Crippen LogP) is 1.09. The van der Waals surface area contributed by atoms with Crippen LogP contribution < -0.4 is 5.32 Å². The number of rotatable bonds is 3. The van der Waals surface area contributed by atoms with Crippen LogP contribution in [0.1, 0.15) is 27.7 Å². The van der Waals surface area contributed by atoms with Crippen LogP contribution in [-0.2, 0) is 4.74 Å². The number of nitrogens with one attached hydrogen (secondary N) is 1. The highest BCUT2D eigenvalue weighted by Crippen LogP contribution is 2.13. The minimum absolute atomic E-state index is 0.0310. The van der Waals surface area contributed by atoms with E-state index in [1.54, 1.807) is 7.11 Å². The number of hydrogen-bond donors (Lipinski definition) is 1. The normalized spacial score (nSPS) is 30.6. The lowest BCUT2D eigenvalue weighted by Gasteiger charge is -2.39. The third-order valence-electron chi connectivity index (χ3n) is 2.79. The maximum atomic E-state index is 5.45. The maximum absolute atomic E-state index is 5.45. The summed E-state index contributed by atoms with van der Waals surface area (Å²) in [7, 11) is 1.79. The molecule has 1 aliphatic rings. The Morgan fingerprint density at radius 3 is 2.21 bits per heavy atom. The highest BCUT2D eigenvalue weighted by atomic mass is 16.5. The molecule has 0 aromatic heterocycles. The molecule has 1 N–H and O–H groups in total. The van der Waals surface area contributed by atoms with Crippen molar-refractivity contribution in [2.75, 3.05) is 26.7 Å². The van der Waals surface area contributed by atoms with Gasteiger partial charge in [0.25, 0.3) is 0 Å². The fraction of sp³-hybridized carbons (Fsp3) is 1.00. The Morgan fingerprint density at radius 2 is 1.79 bits per heavy atom. The smallest absolute Gasteiger partial charge is 0.0749 e. The van der Waals surface area contributed by atoms with Crippen molar-refractivity contribution in [2.24, 2.45) is 0 Å². The quantitative estimate of drug-likeness (QED) is 0.738. The first kappa shape index (κ1) is 12.0. The second-order valence-corrected chi connectivity index (χ2v) is 5.13. The van der Waals surface area contributed by atoms with Gasteiger partial charge in [0.05, 0.1) is 5.60 Å². The third-order valence-corrected chi connectivity index (χ3v) is 2.79. The van der Waals surface area contributed by atoms with Gasteiger partial charge >= 0.3 is 0 Å². The summed E-state index contributed by atoms with van der Waals surface area (Å²) in [5.74, 6) is 0. The van der Waals surface area contributed by atoms with E-state index in [1.807, 2.05) is 0 Å². The van der Waals surface area contributed by atoms with E-state index in [9.17, 15) is 0 Å². The largest absolute Gasteiger partial charge is 0.377 e. The van der Waals surface area contributed by atoms with E-state index >= 15 is 0 Å². The Hall–Kier alpha value is -0.120. The molecule has 14 heavy (non-hydrogen) atoms. The molecule has 0 aliphatic carbocycles. The molecule has 1 fully saturated rings. The van der Waals surface area contributed by atoms with Crippen molar-refractivity contribution in [3.63, 3.8) is 0 Å². The molecule has 1 aliphatic heterocycles. The first-order chi connectivity index (χ1) is 6.43. The van der Waals surface area contributed by atoms with Crippen LogP contribution in [0.15, 0.2) is 0 Å². The zero-order valence-corrected chi connectivity index (χ0v) is 10.1. The fourth-order valence-electron chi connectivity index (χ4n) is 2.17. The summed E-state index contributed by atoms with van der Waals surface area (Å²) in [6, 6.07) is 1.18. The lowest BCUT2D eigenvalue weighted by atomic mass is 10.1. The third kappa shape index (κ3) is 3.56. The van der Waals surface area contributed by atoms with Gasteiger partial charge in [0.15, 0.2) is 0 Å². The van der Waals surface area contributed by atoms with Crippen LogP contribution in [0.4, 0.5) is 0 Å². The van der Waals surface area contributed by atoms with Crippen molar-refractivity contribution < 1.29 is 4.74 Å². The molecule has 3 nitrogen and oxygen atoms in total. The Labute approximate surface area is 87.8 Å². The van der Waals surface area contributed by atoms with Gasteiger partial charge in [-0.15, -0.1) is 0 Å². The average molecular weight is 200 g/mol. The molecule has 1 rings (SSSR count). The van der Waals surface area contributed by atoms with Crippen LogP contribution in [0.25, 0.3) is 0 Å². The Balaban J connectivity index is 2.44. The molecule has 3 heteroatoms. The van der Waals surface area contributed by atoms with Gasteiger partial charge in [0, 0.05) is 38.8 Å². The van der Waals surface area contributed by atoms with E-state index in [1.165, 1.54) is 0 Å². The van der Waals surface area contributed by atoms with Crippen LogP contribution in [0.3, 0.4) is 0 Å². The molecule has 0 saturated carbocycles. The standard InChI is InChI=1S/C11H24N2O/c1-9-6-13(7-10(2)12-9)8-11(3,4)14-5/h9-10,12H,6-8H2,1-5H3. The summed E-state index contributed by atoms with van der Waals surface area (Å²) in [5, 5.41) is 3.53. The molecular weight excluding hydrogens is 176 g/mol. The van der Waals surface area contributed by atoms with E-state index in [0.29, 0.717) is 12.1 Å². The van der Waals surface area contributed by atoms with Crippen molar-refractivity contribution >= 4 is 0 Å². The van der Waals surface area contributed by atoms with Gasteiger partial charge in [-0.3, -0.25) is 4.90 Å². The summed E-state index contributed by atoms with van der Waals surface area (Å²) in [4.78, 5) is 2.48. The topological polar surface area (TPSA) is 24.5 Å². The summed E-state index contributed by atoms with van der Waals surface area (Å²) in [6.45, 7) is 12.0. The van der Waals surface area contributed by atoms with Gasteiger partial charge in [0.2, 0.25) is 0 Å². The second kappa shape index (κ2) is 4.60. The minimum atomic E-state index is -0.0310. The SMILES string of the molecule is COC(C)(C)CN1CC(C)NC(C)C1. The van der Waals surface area contributed by atoms with Gasteiger partial charge in [-0.05, 0) is 27.7 Å². The molecule has 0 aromatic rings. The molecule has 2 atom stereocenters. The van der Waals surface area contributed by atoms with Crippen LogP contribution in [-0.4, -0.2) is 49.3 Å². The average Bonchev–Trinajstić information content (AvgIpc) is 2.01. The van der Waals surface area contributed by atoms with Crippen molar-refractivity contribution in [1.29, 1.82) is 0 Å². The van der Waals surface area contributed by atoms with Gasteiger partial charge in [-0.2, -0.15) is 0 Å². The van der Waals surface area contributed by atoms with E-state index in [-0.39, 0.29) is 5.60 Å². The Bertz CT molecular complexity index is 172. The van der Waals surface area contributed by atoms with Crippen molar-refractivity contribution in [3.05, 3.63) is 0 Å². The number of methoxy groups -OCH3 is 1. The summed E-state index contributed by atoms with van der Waals surface area (Å²) >= 11 is 0. The number of nitrogens with zero attached hydrogens (tertiary/aromatic N) is 1. The predicted molar refractivity (Wildman–Crippen MR) is 59.6 cm³/mol. The maximum Gasteiger partial charge on any atom is 0.0749 e. The Kier molecular flexibility index (Phi) is 3.93. The molecule has 1 heterocycles. The summed E-state index contributed by atoms with van der Waals surface area (Å²) in [5.41, 5.74) is -0.0310. The van der Waals surface area contributed by atoms with E-state index in [4.69, 9.17) is 4.74 Å². The lowest BCUT2D eigenvalue weighted by molar-refractivity contribution is -0.0161. The van der Waals surface area contributed by atoms with Crippen LogP contribution >= 0.6 is 0 Å². The van der Waals surface area contributed by atoms with Crippen molar-refractivity contribution in [3.8, 4) is 0 Å². The zero-order chi connectivity index (χ0) is 10.8. The molecule has 0 amide bonds. The van der Waals surface area contributed by atoms with Crippen LogP contribution in [0.5, 0.6) is 0 Å². The monoisotopic (exact) mass is 200 g/mol. The summed E-state index contributed by atoms with van der Waals surface area (Å²) in [6.07, 6.45) is 0. The minimum Gasteiger partial charge on any atom is -0.377 e. The molecular formula is C11H24N2O. The fourth-order valence-corrected chi connectivity index (χ4v) is 2.17. The van der Waals surface area contributed by atoms with Crippen LogP contribution in [0.2, 0.25) is 0 Å². The summed E-state index contributed by atoms with van der Waals surface area (Å²) < 4.78 is 5.45. The first-order valence-electron chi connectivity index (χ1n) is 5.46. The van der Waals surface area contributed by atoms with Gasteiger partial charge in [-0.1, -0.05) is 0 Å². The van der Waals surface area contributed by atoms with Crippen LogP contribution in [0, 0.1) is 0 Å². The number of piperazine rings is 1. The molecule has 0 spiro atoms. The number of hydrogen-bond acceptors (Lipinski definition) is 3. The molecule has 2 unspecified atom stereocenters. The zero-order valence-electron chi connectivity index (χ0n) is 10.1. The first-order valence-corrected chi connectivity index (χ1v) is 5.46. The van der Waals surface area contributed by atoms with Crippen molar-refractivity contribution in [2.45, 2.75) is 45.4 Å². The highest BCUT2D eigenvalue weighted by Gasteiger charge is 2.26. The second-order valence-electron chi connectivity index (χ2n) is 5.13. The van der Waals surface area contributed by atoms with Crippen molar-refractivity contribution in [1.82, 2.24) is 10.2 Å². The van der Waals surface area contributed by atoms with Gasteiger partial charge < -0.3 is 10.1 Å². The number of ether oxygens (including phenoxy) is 1. The van der Waals surface area contributed by atoms with E-state index in [0.717, 1.165) is 19.6 Å². The lowest BCUT2D eigenvalue weighted by Crippen LogP contribution is -2.56. The molecule has 1 saturated heterocycles. The van der Waals surface area contributed by atoms with Gasteiger partial charge in [-0.25, -0.2) is 0 Å². The molecule has 0 aromatic carbocycles. The van der Waals surface area contributed by atoms with E-state index < -0.39 is 0 Å². The highest BCUT2D eigenvalue weighted by molar-refractivity contribution is 4.84. The Morgan fingerprint density at radius 1 is 1.29 bits per heavy atom. The molecule has 0 bridgehead atoms. The van der Waals surface area contributed by atoms with E-state index in [2.05, 4.69) is 37.9 Å². The molecule has 84 valence electrons. The van der Waals surface area contributed by atoms with Gasteiger partial charge in [0.1, 0.15) is 0 Å².